The summed E-state index contributed by atoms with van der Waals surface area (Å²) in [4.78, 5) is 16.1. The molecule has 0 unspecified atom stereocenters. The summed E-state index contributed by atoms with van der Waals surface area (Å²) in [6, 6.07) is 7.03. The van der Waals surface area contributed by atoms with Crippen molar-refractivity contribution in [2.75, 3.05) is 13.2 Å². The second-order valence-corrected chi connectivity index (χ2v) is 7.18. The summed E-state index contributed by atoms with van der Waals surface area (Å²) < 4.78 is 11.7. The Hall–Kier alpha value is -2.08. The Kier molecular flexibility index (Phi) is 7.91. The number of halogens is 1. The third-order valence-electron chi connectivity index (χ3n) is 3.67. The lowest BCUT2D eigenvalue weighted by atomic mass is 10.0. The molecule has 6 heteroatoms. The third-order valence-corrected chi connectivity index (χ3v) is 4.44. The third kappa shape index (κ3) is 6.02. The standard InChI is InChI=1S/C20H24BrNO4/c1-14(2)12-17(23)16-7-8-18(19(21)20(16)24)26-11-4-3-10-25-15-6-5-9-22-13-15/h5-9,13-14,24H,3-4,10-12H2,1-2H3. The van der Waals surface area contributed by atoms with E-state index < -0.39 is 0 Å². The van der Waals surface area contributed by atoms with Crippen LogP contribution >= 0.6 is 15.9 Å². The molecule has 0 radical (unpaired) electrons. The first kappa shape index (κ1) is 20.2. The van der Waals surface area contributed by atoms with E-state index in [2.05, 4.69) is 20.9 Å². The minimum Gasteiger partial charge on any atom is -0.506 e. The zero-order chi connectivity index (χ0) is 18.9. The number of phenols is 1. The van der Waals surface area contributed by atoms with Crippen LogP contribution in [0.3, 0.4) is 0 Å². The summed E-state index contributed by atoms with van der Waals surface area (Å²) in [5, 5.41) is 10.3. The van der Waals surface area contributed by atoms with Gasteiger partial charge in [0.15, 0.2) is 5.78 Å². The van der Waals surface area contributed by atoms with E-state index in [4.69, 9.17) is 9.47 Å². The van der Waals surface area contributed by atoms with Gasteiger partial charge in [-0.25, -0.2) is 0 Å². The number of unbranched alkanes of at least 4 members (excludes halogenated alkanes) is 1. The zero-order valence-electron chi connectivity index (χ0n) is 15.1. The van der Waals surface area contributed by atoms with Gasteiger partial charge in [-0.2, -0.15) is 0 Å². The molecular weight excluding hydrogens is 398 g/mol. The molecule has 0 saturated heterocycles. The molecule has 5 nitrogen and oxygen atoms in total. The van der Waals surface area contributed by atoms with Crippen molar-refractivity contribution in [3.05, 3.63) is 46.7 Å². The lowest BCUT2D eigenvalue weighted by molar-refractivity contribution is 0.0965. The van der Waals surface area contributed by atoms with E-state index in [1.165, 1.54) is 0 Å². The van der Waals surface area contributed by atoms with Gasteiger partial charge in [0.2, 0.25) is 0 Å². The maximum atomic E-state index is 12.1. The number of rotatable bonds is 10. The molecule has 0 fully saturated rings. The summed E-state index contributed by atoms with van der Waals surface area (Å²) >= 11 is 3.32. The molecule has 2 aromatic rings. The lowest BCUT2D eigenvalue weighted by Crippen LogP contribution is -2.06. The highest BCUT2D eigenvalue weighted by molar-refractivity contribution is 9.10. The number of aromatic hydroxyl groups is 1. The fraction of sp³-hybridized carbons (Fsp3) is 0.400. The maximum absolute atomic E-state index is 12.1. The Morgan fingerprint density at radius 1 is 1.19 bits per heavy atom. The fourth-order valence-corrected chi connectivity index (χ4v) is 2.83. The van der Waals surface area contributed by atoms with E-state index in [9.17, 15) is 9.90 Å². The molecule has 0 atom stereocenters. The molecule has 0 saturated carbocycles. The van der Waals surface area contributed by atoms with Crippen molar-refractivity contribution in [3.8, 4) is 17.2 Å². The topological polar surface area (TPSA) is 68.7 Å². The molecule has 1 aromatic carbocycles. The van der Waals surface area contributed by atoms with Gasteiger partial charge in [0.1, 0.15) is 21.7 Å². The van der Waals surface area contributed by atoms with Gasteiger partial charge in [-0.3, -0.25) is 9.78 Å². The van der Waals surface area contributed by atoms with Crippen molar-refractivity contribution < 1.29 is 19.4 Å². The monoisotopic (exact) mass is 421 g/mol. The number of carbonyl (C=O) groups is 1. The number of benzene rings is 1. The molecule has 0 amide bonds. The SMILES string of the molecule is CC(C)CC(=O)c1ccc(OCCCCOc2cccnc2)c(Br)c1O. The van der Waals surface area contributed by atoms with Crippen LogP contribution in [-0.4, -0.2) is 29.1 Å². The van der Waals surface area contributed by atoms with Gasteiger partial charge in [-0.15, -0.1) is 0 Å². The predicted molar refractivity (Wildman–Crippen MR) is 104 cm³/mol. The van der Waals surface area contributed by atoms with Crippen LogP contribution in [0.4, 0.5) is 0 Å². The van der Waals surface area contributed by atoms with Crippen molar-refractivity contribution in [3.63, 3.8) is 0 Å². The number of aromatic nitrogens is 1. The number of nitrogens with zero attached hydrogens (tertiary/aromatic N) is 1. The first-order chi connectivity index (χ1) is 12.5. The number of ether oxygens (including phenoxy) is 2. The fourth-order valence-electron chi connectivity index (χ4n) is 2.37. The highest BCUT2D eigenvalue weighted by atomic mass is 79.9. The Morgan fingerprint density at radius 3 is 2.58 bits per heavy atom. The summed E-state index contributed by atoms with van der Waals surface area (Å²) in [6.07, 6.45) is 5.43. The molecule has 26 heavy (non-hydrogen) atoms. The van der Waals surface area contributed by atoms with Crippen LogP contribution in [0.15, 0.2) is 41.1 Å². The van der Waals surface area contributed by atoms with Gasteiger partial charge in [0.05, 0.1) is 25.0 Å². The number of phenolic OH excluding ortho intramolecular Hbond substituents is 1. The van der Waals surface area contributed by atoms with Crippen molar-refractivity contribution in [2.24, 2.45) is 5.92 Å². The Bertz CT molecular complexity index is 719. The predicted octanol–water partition coefficient (Wildman–Crippen LogP) is 5.02. The number of pyridine rings is 1. The second-order valence-electron chi connectivity index (χ2n) is 6.39. The van der Waals surface area contributed by atoms with Gasteiger partial charge in [-0.1, -0.05) is 13.8 Å². The van der Waals surface area contributed by atoms with Crippen LogP contribution in [0.1, 0.15) is 43.5 Å². The molecule has 0 aliphatic heterocycles. The van der Waals surface area contributed by atoms with E-state index >= 15 is 0 Å². The average Bonchev–Trinajstić information content (AvgIpc) is 2.61. The number of ketones is 1. The van der Waals surface area contributed by atoms with Crippen LogP contribution in [0.5, 0.6) is 17.2 Å². The highest BCUT2D eigenvalue weighted by Crippen LogP contribution is 2.37. The molecule has 1 N–H and O–H groups in total. The van der Waals surface area contributed by atoms with Crippen molar-refractivity contribution in [1.29, 1.82) is 0 Å². The van der Waals surface area contributed by atoms with Crippen LogP contribution in [0.2, 0.25) is 0 Å². The number of hydrogen-bond donors (Lipinski definition) is 1. The van der Waals surface area contributed by atoms with Crippen LogP contribution in [-0.2, 0) is 0 Å². The van der Waals surface area contributed by atoms with Gasteiger partial charge >= 0.3 is 0 Å². The normalized spacial score (nSPS) is 10.8. The van der Waals surface area contributed by atoms with Crippen molar-refractivity contribution in [2.45, 2.75) is 33.1 Å². The second kappa shape index (κ2) is 10.2. The van der Waals surface area contributed by atoms with E-state index in [1.807, 2.05) is 26.0 Å². The highest BCUT2D eigenvalue weighted by Gasteiger charge is 2.17. The van der Waals surface area contributed by atoms with E-state index in [0.717, 1.165) is 18.6 Å². The molecule has 0 aliphatic rings. The van der Waals surface area contributed by atoms with Crippen LogP contribution in [0.25, 0.3) is 0 Å². The summed E-state index contributed by atoms with van der Waals surface area (Å²) in [6.45, 7) is 5.02. The Morgan fingerprint density at radius 2 is 1.92 bits per heavy atom. The lowest BCUT2D eigenvalue weighted by Gasteiger charge is -2.12. The molecule has 1 heterocycles. The summed E-state index contributed by atoms with van der Waals surface area (Å²) in [5.41, 5.74) is 0.322. The van der Waals surface area contributed by atoms with E-state index in [-0.39, 0.29) is 17.5 Å². The van der Waals surface area contributed by atoms with Gasteiger partial charge < -0.3 is 14.6 Å². The van der Waals surface area contributed by atoms with Gasteiger partial charge in [-0.05, 0) is 59.0 Å². The Labute approximate surface area is 162 Å². The zero-order valence-corrected chi connectivity index (χ0v) is 16.7. The van der Waals surface area contributed by atoms with E-state index in [0.29, 0.717) is 35.4 Å². The molecule has 2 rings (SSSR count). The number of carbonyl (C=O) groups excluding carboxylic acids is 1. The molecule has 0 bridgehead atoms. The largest absolute Gasteiger partial charge is 0.506 e. The Balaban J connectivity index is 1.79. The summed E-state index contributed by atoms with van der Waals surface area (Å²) in [5.74, 6) is 1.38. The smallest absolute Gasteiger partial charge is 0.166 e. The van der Waals surface area contributed by atoms with Crippen molar-refractivity contribution in [1.82, 2.24) is 4.98 Å². The van der Waals surface area contributed by atoms with Gasteiger partial charge in [0.25, 0.3) is 0 Å². The minimum absolute atomic E-state index is 0.0620. The average molecular weight is 422 g/mol. The molecule has 140 valence electrons. The number of hydrogen-bond acceptors (Lipinski definition) is 5. The molecule has 1 aromatic heterocycles. The first-order valence-electron chi connectivity index (χ1n) is 8.69. The molecule has 0 spiro atoms. The van der Waals surface area contributed by atoms with Crippen molar-refractivity contribution >= 4 is 21.7 Å². The molecular formula is C20H24BrNO4. The van der Waals surface area contributed by atoms with Crippen LogP contribution in [0, 0.1) is 5.92 Å². The summed E-state index contributed by atoms with van der Waals surface area (Å²) in [7, 11) is 0. The molecule has 0 aliphatic carbocycles. The van der Waals surface area contributed by atoms with Gasteiger partial charge in [0, 0.05) is 12.6 Å². The van der Waals surface area contributed by atoms with E-state index in [1.54, 1.807) is 24.5 Å². The quantitative estimate of drug-likeness (QED) is 0.430. The van der Waals surface area contributed by atoms with Crippen LogP contribution < -0.4 is 9.47 Å². The maximum Gasteiger partial charge on any atom is 0.166 e. The first-order valence-corrected chi connectivity index (χ1v) is 9.48. The minimum atomic E-state index is -0.0719. The number of Topliss-reactive ketones (excluding diaryl/α,β-unsaturated/α-hetero) is 1.